The summed E-state index contributed by atoms with van der Waals surface area (Å²) in [4.78, 5) is 13.4. The van der Waals surface area contributed by atoms with Crippen LogP contribution in [0.1, 0.15) is 34.0 Å². The van der Waals surface area contributed by atoms with Crippen LogP contribution < -0.4 is 0 Å². The van der Waals surface area contributed by atoms with Gasteiger partial charge < -0.3 is 4.57 Å². The second-order valence-corrected chi connectivity index (χ2v) is 6.96. The zero-order chi connectivity index (χ0) is 19.5. The van der Waals surface area contributed by atoms with E-state index in [2.05, 4.69) is 27.1 Å². The van der Waals surface area contributed by atoms with Gasteiger partial charge in [0.2, 0.25) is 0 Å². The van der Waals surface area contributed by atoms with E-state index in [4.69, 9.17) is 0 Å². The largest absolute Gasteiger partial charge is 0.303 e. The first-order valence-corrected chi connectivity index (χ1v) is 9.23. The molecule has 2 aromatic heterocycles. The molecule has 0 unspecified atom stereocenters. The molecule has 0 saturated carbocycles. The minimum absolute atomic E-state index is 0.285. The molecule has 0 spiro atoms. The predicted octanol–water partition coefficient (Wildman–Crippen LogP) is 4.60. The quantitative estimate of drug-likeness (QED) is 0.514. The number of aryl methyl sites for hydroxylation is 2. The van der Waals surface area contributed by atoms with Crippen LogP contribution in [-0.4, -0.2) is 19.5 Å². The van der Waals surface area contributed by atoms with Crippen molar-refractivity contribution in [2.75, 3.05) is 0 Å². The molecule has 140 valence electrons. The smallest absolute Gasteiger partial charge is 0.147 e. The Morgan fingerprint density at radius 3 is 2.39 bits per heavy atom. The molecule has 28 heavy (non-hydrogen) atoms. The third kappa shape index (κ3) is 4.14. The van der Waals surface area contributed by atoms with Gasteiger partial charge in [-0.15, -0.1) is 0 Å². The molecule has 2 aromatic carbocycles. The van der Waals surface area contributed by atoms with Gasteiger partial charge in [0.25, 0.3) is 0 Å². The van der Waals surface area contributed by atoms with Crippen LogP contribution in [0.25, 0.3) is 5.69 Å². The predicted molar refractivity (Wildman–Crippen MR) is 107 cm³/mol. The Morgan fingerprint density at radius 2 is 1.68 bits per heavy atom. The van der Waals surface area contributed by atoms with Gasteiger partial charge in [-0.25, -0.2) is 19.3 Å². The zero-order valence-corrected chi connectivity index (χ0v) is 15.9. The van der Waals surface area contributed by atoms with E-state index >= 15 is 0 Å². The Labute approximate surface area is 163 Å². The van der Waals surface area contributed by atoms with Crippen molar-refractivity contribution in [3.8, 4) is 5.69 Å². The number of imidazole rings is 1. The summed E-state index contributed by atoms with van der Waals surface area (Å²) in [5, 5.41) is 0. The number of benzene rings is 2. The minimum atomic E-state index is -0.285. The second kappa shape index (κ2) is 7.72. The van der Waals surface area contributed by atoms with Gasteiger partial charge in [0.15, 0.2) is 0 Å². The monoisotopic (exact) mass is 372 g/mol. The summed E-state index contributed by atoms with van der Waals surface area (Å²) in [6, 6.07) is 17.5. The summed E-state index contributed by atoms with van der Waals surface area (Å²) in [5.41, 5.74) is 5.27. The van der Waals surface area contributed by atoms with Crippen molar-refractivity contribution in [3.63, 3.8) is 0 Å². The van der Waals surface area contributed by atoms with Crippen molar-refractivity contribution in [2.45, 2.75) is 26.7 Å². The van der Waals surface area contributed by atoms with Crippen LogP contribution in [0, 0.1) is 19.7 Å². The summed E-state index contributed by atoms with van der Waals surface area (Å²) < 4.78 is 16.3. The molecule has 0 aliphatic carbocycles. The van der Waals surface area contributed by atoms with E-state index in [9.17, 15) is 4.39 Å². The third-order valence-electron chi connectivity index (χ3n) is 4.55. The van der Waals surface area contributed by atoms with Crippen LogP contribution in [0.5, 0.6) is 0 Å². The average Bonchev–Trinajstić information content (AvgIpc) is 3.08. The standard InChI is InChI=1S/C23H21FN4/c1-16-10-20(11-18-6-4-3-5-7-18)27-23(26-16)13-19-8-9-22(21(24)12-19)28-14-17(2)25-15-28/h3-10,12,14-15H,11,13H2,1-2H3. The molecule has 4 nitrogen and oxygen atoms in total. The first-order chi connectivity index (χ1) is 13.6. The number of aromatic nitrogens is 4. The summed E-state index contributed by atoms with van der Waals surface area (Å²) in [6.07, 6.45) is 4.67. The first-order valence-electron chi connectivity index (χ1n) is 9.23. The summed E-state index contributed by atoms with van der Waals surface area (Å²) in [6.45, 7) is 3.84. The number of hydrogen-bond acceptors (Lipinski definition) is 3. The molecule has 0 atom stereocenters. The van der Waals surface area contributed by atoms with E-state index in [1.165, 1.54) is 5.56 Å². The van der Waals surface area contributed by atoms with E-state index < -0.39 is 0 Å². The van der Waals surface area contributed by atoms with Gasteiger partial charge in [0, 0.05) is 30.4 Å². The average molecular weight is 372 g/mol. The van der Waals surface area contributed by atoms with Gasteiger partial charge in [-0.05, 0) is 43.2 Å². The Morgan fingerprint density at radius 1 is 0.857 bits per heavy atom. The van der Waals surface area contributed by atoms with Gasteiger partial charge in [0.1, 0.15) is 11.6 Å². The molecule has 5 heteroatoms. The van der Waals surface area contributed by atoms with Crippen LogP contribution in [0.2, 0.25) is 0 Å². The maximum atomic E-state index is 14.6. The summed E-state index contributed by atoms with van der Waals surface area (Å²) in [5.74, 6) is 0.420. The van der Waals surface area contributed by atoms with Crippen LogP contribution in [-0.2, 0) is 12.8 Å². The Hall–Kier alpha value is -3.34. The fourth-order valence-electron chi connectivity index (χ4n) is 3.28. The molecule has 0 bridgehead atoms. The van der Waals surface area contributed by atoms with Gasteiger partial charge in [-0.1, -0.05) is 36.4 Å². The molecule has 0 amide bonds. The minimum Gasteiger partial charge on any atom is -0.303 e. The number of nitrogens with zero attached hydrogens (tertiary/aromatic N) is 4. The molecule has 0 aliphatic heterocycles. The van der Waals surface area contributed by atoms with Crippen LogP contribution in [0.15, 0.2) is 67.1 Å². The van der Waals surface area contributed by atoms with Crippen molar-refractivity contribution in [1.82, 2.24) is 19.5 Å². The van der Waals surface area contributed by atoms with Gasteiger partial charge >= 0.3 is 0 Å². The van der Waals surface area contributed by atoms with Gasteiger partial charge in [-0.2, -0.15) is 0 Å². The van der Waals surface area contributed by atoms with Crippen molar-refractivity contribution in [3.05, 3.63) is 107 Å². The Balaban J connectivity index is 1.56. The van der Waals surface area contributed by atoms with E-state index in [1.54, 1.807) is 29.2 Å². The van der Waals surface area contributed by atoms with Crippen molar-refractivity contribution >= 4 is 0 Å². The second-order valence-electron chi connectivity index (χ2n) is 6.96. The van der Waals surface area contributed by atoms with Crippen LogP contribution in [0.3, 0.4) is 0 Å². The number of halogens is 1. The Kier molecular flexibility index (Phi) is 4.98. The lowest BCUT2D eigenvalue weighted by atomic mass is 10.1. The lowest BCUT2D eigenvalue weighted by Crippen LogP contribution is -2.04. The van der Waals surface area contributed by atoms with E-state index in [0.717, 1.165) is 29.1 Å². The highest BCUT2D eigenvalue weighted by atomic mass is 19.1. The molecule has 0 aliphatic rings. The fourth-order valence-corrected chi connectivity index (χ4v) is 3.28. The maximum Gasteiger partial charge on any atom is 0.147 e. The zero-order valence-electron chi connectivity index (χ0n) is 15.9. The maximum absolute atomic E-state index is 14.6. The number of rotatable bonds is 5. The molecule has 0 saturated heterocycles. The highest BCUT2D eigenvalue weighted by Crippen LogP contribution is 2.18. The molecular weight excluding hydrogens is 351 g/mol. The van der Waals surface area contributed by atoms with E-state index in [-0.39, 0.29) is 5.82 Å². The van der Waals surface area contributed by atoms with Crippen molar-refractivity contribution < 1.29 is 4.39 Å². The Bertz CT molecular complexity index is 1100. The van der Waals surface area contributed by atoms with E-state index in [0.29, 0.717) is 17.9 Å². The molecule has 4 rings (SSSR count). The van der Waals surface area contributed by atoms with Crippen molar-refractivity contribution in [2.24, 2.45) is 0 Å². The summed E-state index contributed by atoms with van der Waals surface area (Å²) in [7, 11) is 0. The van der Waals surface area contributed by atoms with Gasteiger partial charge in [-0.3, -0.25) is 0 Å². The molecule has 0 fully saturated rings. The molecule has 2 heterocycles. The highest BCUT2D eigenvalue weighted by molar-refractivity contribution is 5.38. The molecule has 4 aromatic rings. The lowest BCUT2D eigenvalue weighted by Gasteiger charge is -2.09. The SMILES string of the molecule is Cc1cn(-c2ccc(Cc3nc(C)cc(Cc4ccccc4)n3)cc2F)cn1. The molecular formula is C23H21FN4. The lowest BCUT2D eigenvalue weighted by molar-refractivity contribution is 0.616. The van der Waals surface area contributed by atoms with Crippen molar-refractivity contribution in [1.29, 1.82) is 0 Å². The molecule has 0 N–H and O–H groups in total. The van der Waals surface area contributed by atoms with Crippen LogP contribution in [0.4, 0.5) is 4.39 Å². The topological polar surface area (TPSA) is 43.6 Å². The highest BCUT2D eigenvalue weighted by Gasteiger charge is 2.09. The summed E-state index contributed by atoms with van der Waals surface area (Å²) >= 11 is 0. The van der Waals surface area contributed by atoms with E-state index in [1.807, 2.05) is 44.2 Å². The van der Waals surface area contributed by atoms with Crippen LogP contribution >= 0.6 is 0 Å². The third-order valence-corrected chi connectivity index (χ3v) is 4.55. The number of hydrogen-bond donors (Lipinski definition) is 0. The molecule has 0 radical (unpaired) electrons. The van der Waals surface area contributed by atoms with Gasteiger partial charge in [0.05, 0.1) is 17.7 Å². The first kappa shape index (κ1) is 18.0. The fraction of sp³-hybridized carbons (Fsp3) is 0.174. The normalized spacial score (nSPS) is 11.0.